The summed E-state index contributed by atoms with van der Waals surface area (Å²) in [7, 11) is 0. The number of aliphatic hydroxyl groups excluding tert-OH is 1. The normalized spacial score (nSPS) is 27.3. The van der Waals surface area contributed by atoms with Gasteiger partial charge in [0, 0.05) is 56.5 Å². The molecular weight excluding hydrogens is 426 g/mol. The lowest BCUT2D eigenvalue weighted by molar-refractivity contribution is -0.137. The number of aliphatic hydroxyl groups is 1. The van der Waals surface area contributed by atoms with Crippen LogP contribution in [0, 0.1) is 17.3 Å². The number of rotatable bonds is 4. The molecule has 34 heavy (non-hydrogen) atoms. The molecule has 0 aliphatic carbocycles. The molecule has 6 heteroatoms. The van der Waals surface area contributed by atoms with Gasteiger partial charge in [0.25, 0.3) is 0 Å². The molecule has 1 aromatic carbocycles. The number of aromatic amines is 1. The van der Waals surface area contributed by atoms with Crippen molar-refractivity contribution in [2.45, 2.75) is 58.7 Å². The van der Waals surface area contributed by atoms with Gasteiger partial charge in [-0.15, -0.1) is 0 Å². The second-order valence-corrected chi connectivity index (χ2v) is 10.9. The monoisotopic (exact) mass is 467 g/mol. The van der Waals surface area contributed by atoms with Crippen molar-refractivity contribution in [3.63, 3.8) is 0 Å². The fourth-order valence-corrected chi connectivity index (χ4v) is 5.35. The lowest BCUT2D eigenvalue weighted by Gasteiger charge is -2.39. The number of aromatic nitrogens is 1. The highest BCUT2D eigenvalue weighted by atomic mass is 16.5. The minimum absolute atomic E-state index is 0.159. The smallest absolute Gasteiger partial charge is 0.223 e. The van der Waals surface area contributed by atoms with Crippen molar-refractivity contribution >= 4 is 5.91 Å². The first-order chi connectivity index (χ1) is 16.4. The van der Waals surface area contributed by atoms with E-state index in [0.29, 0.717) is 44.6 Å². The van der Waals surface area contributed by atoms with Crippen molar-refractivity contribution in [3.8, 4) is 0 Å². The van der Waals surface area contributed by atoms with E-state index in [1.165, 1.54) is 5.69 Å². The summed E-state index contributed by atoms with van der Waals surface area (Å²) in [6.45, 7) is 9.08. The van der Waals surface area contributed by atoms with Crippen LogP contribution in [0.15, 0.2) is 48.7 Å². The third-order valence-corrected chi connectivity index (χ3v) is 7.67. The average Bonchev–Trinajstić information content (AvgIpc) is 3.33. The molecule has 0 unspecified atom stereocenters. The van der Waals surface area contributed by atoms with Crippen LogP contribution >= 0.6 is 0 Å². The number of hydrogen-bond acceptors (Lipinski definition) is 4. The van der Waals surface area contributed by atoms with Crippen LogP contribution in [0.1, 0.15) is 50.8 Å². The fourth-order valence-electron chi connectivity index (χ4n) is 5.35. The van der Waals surface area contributed by atoms with E-state index >= 15 is 0 Å². The number of carbonyl (C=O) groups excluding carboxylic acids is 1. The Kier molecular flexibility index (Phi) is 8.46. The van der Waals surface area contributed by atoms with Crippen molar-refractivity contribution in [3.05, 3.63) is 59.9 Å². The summed E-state index contributed by atoms with van der Waals surface area (Å²) < 4.78 is 6.02. The van der Waals surface area contributed by atoms with E-state index in [-0.39, 0.29) is 5.91 Å². The van der Waals surface area contributed by atoms with Crippen LogP contribution in [-0.4, -0.2) is 64.7 Å². The summed E-state index contributed by atoms with van der Waals surface area (Å²) in [5.41, 5.74) is 1.93. The molecule has 4 rings (SSSR count). The van der Waals surface area contributed by atoms with Gasteiger partial charge in [0.15, 0.2) is 0 Å². The Balaban J connectivity index is 1.49. The number of likely N-dealkylation sites (tertiary alicyclic amines) is 1. The van der Waals surface area contributed by atoms with E-state index in [1.807, 2.05) is 49.2 Å². The molecule has 0 spiro atoms. The average molecular weight is 468 g/mol. The second-order valence-electron chi connectivity index (χ2n) is 10.9. The molecule has 0 radical (unpaired) electrons. The van der Waals surface area contributed by atoms with E-state index < -0.39 is 11.5 Å². The predicted molar refractivity (Wildman–Crippen MR) is 134 cm³/mol. The number of carbonyl (C=O) groups is 1. The van der Waals surface area contributed by atoms with E-state index in [0.717, 1.165) is 44.5 Å². The molecule has 0 saturated carbocycles. The molecule has 2 N–H and O–H groups in total. The zero-order valence-electron chi connectivity index (χ0n) is 20.8. The number of nitrogens with one attached hydrogen (secondary N) is 1. The summed E-state index contributed by atoms with van der Waals surface area (Å²) in [4.78, 5) is 21.4. The van der Waals surface area contributed by atoms with Crippen LogP contribution < -0.4 is 0 Å². The van der Waals surface area contributed by atoms with Gasteiger partial charge in [-0.25, -0.2) is 0 Å². The Morgan fingerprint density at radius 2 is 1.88 bits per heavy atom. The van der Waals surface area contributed by atoms with E-state index in [4.69, 9.17) is 4.74 Å². The number of nitrogens with zero attached hydrogens (tertiary/aromatic N) is 2. The van der Waals surface area contributed by atoms with Gasteiger partial charge in [0.2, 0.25) is 5.91 Å². The fraction of sp³-hybridized carbons (Fsp3) is 0.607. The van der Waals surface area contributed by atoms with Gasteiger partial charge in [-0.2, -0.15) is 0 Å². The van der Waals surface area contributed by atoms with Crippen molar-refractivity contribution in [2.75, 3.05) is 32.8 Å². The maximum atomic E-state index is 13.6. The van der Waals surface area contributed by atoms with Crippen molar-refractivity contribution in [1.82, 2.24) is 14.8 Å². The van der Waals surface area contributed by atoms with Crippen LogP contribution in [0.3, 0.4) is 0 Å². The molecule has 3 atom stereocenters. The van der Waals surface area contributed by atoms with Crippen molar-refractivity contribution in [1.29, 1.82) is 0 Å². The number of ether oxygens (including phenoxy) is 1. The molecule has 2 fully saturated rings. The third kappa shape index (κ3) is 6.71. The highest BCUT2D eigenvalue weighted by Crippen LogP contribution is 2.32. The Labute approximate surface area is 204 Å². The Morgan fingerprint density at radius 3 is 2.65 bits per heavy atom. The molecular formula is C28H41N3O3. The van der Waals surface area contributed by atoms with Crippen LogP contribution in [0.2, 0.25) is 0 Å². The van der Waals surface area contributed by atoms with Crippen LogP contribution in [0.4, 0.5) is 0 Å². The molecule has 2 aliphatic rings. The van der Waals surface area contributed by atoms with Crippen molar-refractivity contribution in [2.24, 2.45) is 17.3 Å². The summed E-state index contributed by atoms with van der Waals surface area (Å²) >= 11 is 0. The summed E-state index contributed by atoms with van der Waals surface area (Å²) in [5.74, 6) is 1.01. The van der Waals surface area contributed by atoms with Gasteiger partial charge < -0.3 is 19.7 Å². The van der Waals surface area contributed by atoms with E-state index in [9.17, 15) is 9.90 Å². The van der Waals surface area contributed by atoms with E-state index in [1.54, 1.807) is 0 Å². The SMILES string of the molecule is CC1(C)COCCC[C@H]2CN(Cc3ccc[nH]3)CC[C@H]2CC(=O)N(Cc2ccccc2)C[C@@H]1O. The van der Waals surface area contributed by atoms with Gasteiger partial charge in [-0.1, -0.05) is 44.2 Å². The molecule has 0 bridgehead atoms. The van der Waals surface area contributed by atoms with Gasteiger partial charge in [-0.3, -0.25) is 9.69 Å². The van der Waals surface area contributed by atoms with Gasteiger partial charge in [-0.05, 0) is 55.3 Å². The molecule has 2 aromatic rings. The first-order valence-electron chi connectivity index (χ1n) is 12.8. The molecule has 186 valence electrons. The largest absolute Gasteiger partial charge is 0.391 e. The summed E-state index contributed by atoms with van der Waals surface area (Å²) in [6, 6.07) is 14.3. The zero-order valence-corrected chi connectivity index (χ0v) is 20.8. The number of fused-ring (bicyclic) bond motifs is 1. The van der Waals surface area contributed by atoms with Gasteiger partial charge in [0.1, 0.15) is 0 Å². The quantitative estimate of drug-likeness (QED) is 0.711. The Bertz CT molecular complexity index is 884. The Hall–Kier alpha value is -2.15. The second kappa shape index (κ2) is 11.5. The lowest BCUT2D eigenvalue weighted by Crippen LogP contribution is -2.46. The molecule has 1 amide bonds. The minimum atomic E-state index is -0.639. The first-order valence-corrected chi connectivity index (χ1v) is 12.8. The molecule has 3 heterocycles. The maximum Gasteiger partial charge on any atom is 0.223 e. The zero-order chi connectivity index (χ0) is 24.0. The first kappa shape index (κ1) is 25.0. The number of β-amino-alcohol motifs (C(OH)–C–C–N with tert-alkyl or cyclic N) is 1. The minimum Gasteiger partial charge on any atom is -0.391 e. The number of benzene rings is 1. The standard InChI is InChI=1S/C28H41N3O3/c1-28(2)21-34-15-7-10-24-18-30(19-25-11-6-13-29-25)14-12-23(24)16-27(33)31(20-26(28)32)17-22-8-4-3-5-9-22/h3-6,8-9,11,13,23-24,26,29,32H,7,10,12,14-21H2,1-2H3/t23-,24-,26-/m0/s1. The lowest BCUT2D eigenvalue weighted by atomic mass is 9.80. The molecule has 6 nitrogen and oxygen atoms in total. The number of hydrogen-bond donors (Lipinski definition) is 2. The van der Waals surface area contributed by atoms with Gasteiger partial charge in [0.05, 0.1) is 12.7 Å². The number of H-pyrrole nitrogens is 1. The Morgan fingerprint density at radius 1 is 1.06 bits per heavy atom. The van der Waals surface area contributed by atoms with Crippen LogP contribution in [0.5, 0.6) is 0 Å². The van der Waals surface area contributed by atoms with Crippen molar-refractivity contribution < 1.29 is 14.6 Å². The molecule has 1 aromatic heterocycles. The van der Waals surface area contributed by atoms with Crippen LogP contribution in [0.25, 0.3) is 0 Å². The summed E-state index contributed by atoms with van der Waals surface area (Å²) in [5, 5.41) is 11.1. The highest BCUT2D eigenvalue weighted by molar-refractivity contribution is 5.76. The molecule has 2 saturated heterocycles. The predicted octanol–water partition coefficient (Wildman–Crippen LogP) is 4.07. The third-order valence-electron chi connectivity index (χ3n) is 7.67. The number of piperidine rings is 1. The van der Waals surface area contributed by atoms with Gasteiger partial charge >= 0.3 is 0 Å². The summed E-state index contributed by atoms with van der Waals surface area (Å²) in [6.07, 6.45) is 4.99. The van der Waals surface area contributed by atoms with Crippen LogP contribution in [-0.2, 0) is 22.6 Å². The maximum absolute atomic E-state index is 13.6. The molecule has 2 aliphatic heterocycles. The van der Waals surface area contributed by atoms with E-state index in [2.05, 4.69) is 28.1 Å². The number of amides is 1. The topological polar surface area (TPSA) is 68.8 Å². The highest BCUT2D eigenvalue weighted by Gasteiger charge is 2.35.